The molecule has 0 bridgehead atoms. The van der Waals surface area contributed by atoms with Crippen molar-refractivity contribution >= 4 is 19.3 Å². The predicted octanol–water partition coefficient (Wildman–Crippen LogP) is 1.40. The van der Waals surface area contributed by atoms with Crippen LogP contribution in [0.3, 0.4) is 0 Å². The molecule has 2 N–H and O–H groups in total. The molecule has 0 heterocycles. The Kier molecular flexibility index (Phi) is 6.23. The monoisotopic (exact) mass is 194 g/mol. The van der Waals surface area contributed by atoms with E-state index in [1.165, 1.54) is 6.42 Å². The minimum atomic E-state index is -1.21. The zero-order chi connectivity index (χ0) is 8.85. The van der Waals surface area contributed by atoms with Crippen molar-refractivity contribution in [2.75, 3.05) is 7.05 Å². The van der Waals surface area contributed by atoms with Crippen LogP contribution >= 0.6 is 11.1 Å². The van der Waals surface area contributed by atoms with Gasteiger partial charge in [0.25, 0.3) is 0 Å². The van der Waals surface area contributed by atoms with Crippen molar-refractivity contribution in [3.63, 3.8) is 0 Å². The molecule has 0 aromatic rings. The first kappa shape index (κ1) is 11.4. The van der Waals surface area contributed by atoms with Gasteiger partial charge in [-0.3, -0.25) is 0 Å². The fourth-order valence-electron chi connectivity index (χ4n) is 0.693. The van der Waals surface area contributed by atoms with Gasteiger partial charge in [0.1, 0.15) is 0 Å². The molecule has 0 aliphatic carbocycles. The molecule has 11 heavy (non-hydrogen) atoms. The highest BCUT2D eigenvalue weighted by molar-refractivity contribution is 7.06. The van der Waals surface area contributed by atoms with Gasteiger partial charge in [-0.25, -0.2) is 0 Å². The number of rotatable bonds is 5. The Morgan fingerprint density at radius 3 is 2.36 bits per heavy atom. The van der Waals surface area contributed by atoms with Crippen molar-refractivity contribution < 1.29 is 0 Å². The van der Waals surface area contributed by atoms with E-state index in [9.17, 15) is 0 Å². The maximum absolute atomic E-state index is 6.19. The molecule has 0 aromatic heterocycles. The van der Waals surface area contributed by atoms with Crippen molar-refractivity contribution in [3.8, 4) is 0 Å². The van der Waals surface area contributed by atoms with Crippen LogP contribution in [0.15, 0.2) is 0 Å². The molecule has 0 rings (SSSR count). The summed E-state index contributed by atoms with van der Waals surface area (Å²) in [5.74, 6) is 0. The van der Waals surface area contributed by atoms with Gasteiger partial charge in [0.15, 0.2) is 0 Å². The third-order valence-electron chi connectivity index (χ3n) is 1.99. The smallest absolute Gasteiger partial charge is 0.215 e. The van der Waals surface area contributed by atoms with Crippen molar-refractivity contribution in [2.45, 2.75) is 38.9 Å². The molecule has 3 unspecified atom stereocenters. The normalized spacial score (nSPS) is 19.4. The first-order chi connectivity index (χ1) is 5.11. The summed E-state index contributed by atoms with van der Waals surface area (Å²) in [4.78, 5) is 3.37. The van der Waals surface area contributed by atoms with Crippen LogP contribution in [0.1, 0.15) is 27.2 Å². The molecule has 4 heteroatoms. The quantitative estimate of drug-likeness (QED) is 0.393. The van der Waals surface area contributed by atoms with E-state index in [-0.39, 0.29) is 0 Å². The fraction of sp³-hybridized carbons (Fsp3) is 1.00. The molecule has 68 valence electrons. The van der Waals surface area contributed by atoms with Gasteiger partial charge in [-0.2, -0.15) is 11.1 Å². The lowest BCUT2D eigenvalue weighted by atomic mass is 10.4. The highest BCUT2D eigenvalue weighted by atomic mass is 35.6. The van der Waals surface area contributed by atoms with Crippen molar-refractivity contribution in [1.29, 1.82) is 0 Å². The molecule has 0 spiro atoms. The van der Waals surface area contributed by atoms with Gasteiger partial charge in [-0.1, -0.05) is 20.3 Å². The topological polar surface area (TPSA) is 24.1 Å². The number of nitrogens with one attached hydrogen (secondary N) is 2. The Labute approximate surface area is 76.1 Å². The van der Waals surface area contributed by atoms with Crippen molar-refractivity contribution in [2.24, 2.45) is 0 Å². The molecular weight excluding hydrogens is 176 g/mol. The second-order valence-electron chi connectivity index (χ2n) is 2.96. The summed E-state index contributed by atoms with van der Waals surface area (Å²) >= 11 is 6.19. The van der Waals surface area contributed by atoms with Crippen LogP contribution in [-0.4, -0.2) is 21.5 Å². The summed E-state index contributed by atoms with van der Waals surface area (Å²) in [6, 6.07) is 0. The Bertz CT molecular complexity index is 102. The summed E-state index contributed by atoms with van der Waals surface area (Å²) in [7, 11) is 0.725. The largest absolute Gasteiger partial charge is 0.313 e. The third-order valence-corrected chi connectivity index (χ3v) is 5.94. The van der Waals surface area contributed by atoms with E-state index in [0.29, 0.717) is 11.7 Å². The van der Waals surface area contributed by atoms with E-state index in [4.69, 9.17) is 11.1 Å². The number of halogens is 1. The van der Waals surface area contributed by atoms with E-state index in [2.05, 4.69) is 31.1 Å². The Morgan fingerprint density at radius 1 is 1.45 bits per heavy atom. The van der Waals surface area contributed by atoms with Gasteiger partial charge in [0, 0.05) is 6.17 Å². The van der Waals surface area contributed by atoms with Crippen LogP contribution in [0, 0.1) is 0 Å². The van der Waals surface area contributed by atoms with Gasteiger partial charge in [0.05, 0.1) is 0 Å². The van der Waals surface area contributed by atoms with E-state index in [0.717, 1.165) is 0 Å². The van der Waals surface area contributed by atoms with Crippen LogP contribution in [-0.2, 0) is 0 Å². The highest BCUT2D eigenvalue weighted by Crippen LogP contribution is 2.14. The second-order valence-corrected chi connectivity index (χ2v) is 6.65. The maximum Gasteiger partial charge on any atom is 0.215 e. The first-order valence-corrected chi connectivity index (χ1v) is 7.18. The van der Waals surface area contributed by atoms with Crippen LogP contribution in [0.4, 0.5) is 0 Å². The van der Waals surface area contributed by atoms with Crippen molar-refractivity contribution in [1.82, 2.24) is 10.3 Å². The lowest BCUT2D eigenvalue weighted by molar-refractivity contribution is 0.580. The van der Waals surface area contributed by atoms with Gasteiger partial charge >= 0.3 is 0 Å². The molecule has 3 atom stereocenters. The van der Waals surface area contributed by atoms with Gasteiger partial charge in [-0.05, 0) is 19.5 Å². The summed E-state index contributed by atoms with van der Waals surface area (Å²) < 4.78 is 0. The van der Waals surface area contributed by atoms with Crippen LogP contribution in [0.5, 0.6) is 0 Å². The maximum atomic E-state index is 6.19. The van der Waals surface area contributed by atoms with Crippen LogP contribution in [0.25, 0.3) is 0 Å². The minimum Gasteiger partial charge on any atom is -0.313 e. The van der Waals surface area contributed by atoms with E-state index in [1.54, 1.807) is 0 Å². The average Bonchev–Trinajstić information content (AvgIpc) is 2.02. The molecule has 0 aliphatic rings. The third kappa shape index (κ3) is 4.79. The van der Waals surface area contributed by atoms with Crippen LogP contribution < -0.4 is 10.3 Å². The van der Waals surface area contributed by atoms with Gasteiger partial charge < -0.3 is 10.3 Å². The van der Waals surface area contributed by atoms with E-state index in [1.807, 2.05) is 7.05 Å². The lowest BCUT2D eigenvalue weighted by Gasteiger charge is -2.20. The minimum absolute atomic E-state index is 0.346. The Morgan fingerprint density at radius 2 is 2.00 bits per heavy atom. The zero-order valence-electron chi connectivity index (χ0n) is 7.82. The molecule has 0 saturated carbocycles. The predicted molar refractivity (Wildman–Crippen MR) is 54.4 cm³/mol. The molecule has 0 amide bonds. The van der Waals surface area contributed by atoms with Gasteiger partial charge in [-0.15, -0.1) is 0 Å². The molecule has 0 aromatic carbocycles. The molecule has 0 aliphatic heterocycles. The lowest BCUT2D eigenvalue weighted by Crippen LogP contribution is -2.45. The van der Waals surface area contributed by atoms with Crippen molar-refractivity contribution in [3.05, 3.63) is 0 Å². The Balaban J connectivity index is 3.58. The fourth-order valence-corrected chi connectivity index (χ4v) is 3.18. The summed E-state index contributed by atoms with van der Waals surface area (Å²) in [5.41, 5.74) is 0.660. The summed E-state index contributed by atoms with van der Waals surface area (Å²) in [5, 5.41) is 3.11. The number of hydrogen-bond acceptors (Lipinski definition) is 2. The van der Waals surface area contributed by atoms with Crippen LogP contribution in [0.2, 0.25) is 5.54 Å². The van der Waals surface area contributed by atoms with Gasteiger partial charge in [0.2, 0.25) is 8.27 Å². The standard InChI is InChI=1S/C7H19ClN2Si/c1-5-6(2)11(8)10-7(3)9-4/h6-7,9-11H,5H2,1-4H3. The zero-order valence-corrected chi connectivity index (χ0v) is 9.73. The van der Waals surface area contributed by atoms with E-state index >= 15 is 0 Å². The molecular formula is C7H19ClN2Si. The number of hydrogen-bond donors (Lipinski definition) is 2. The molecule has 2 nitrogen and oxygen atoms in total. The second kappa shape index (κ2) is 6.00. The Hall–Kier alpha value is 0.427. The average molecular weight is 195 g/mol. The van der Waals surface area contributed by atoms with E-state index < -0.39 is 8.27 Å². The highest BCUT2D eigenvalue weighted by Gasteiger charge is 2.15. The first-order valence-electron chi connectivity index (χ1n) is 4.19. The molecule has 0 radical (unpaired) electrons. The summed E-state index contributed by atoms with van der Waals surface area (Å²) in [6.07, 6.45) is 1.52. The summed E-state index contributed by atoms with van der Waals surface area (Å²) in [6.45, 7) is 6.47. The molecule has 0 fully saturated rings. The molecule has 0 saturated heterocycles. The SMILES string of the molecule is CCC(C)[SiH](Cl)NC(C)NC.